The largest absolute Gasteiger partial charge is 0.478 e. The predicted octanol–water partition coefficient (Wildman–Crippen LogP) is 0.992. The highest BCUT2D eigenvalue weighted by Gasteiger charge is 2.38. The van der Waals surface area contributed by atoms with Crippen molar-refractivity contribution < 1.29 is 14.7 Å². The molecular formula is C21H31N4O3+. The number of carboxylic acids is 1. The van der Waals surface area contributed by atoms with Gasteiger partial charge in [-0.3, -0.25) is 14.2 Å². The number of carboxylic acid groups (broad SMARTS) is 1. The molecule has 1 aromatic carbocycles. The number of hydrogen-bond donors (Lipinski definition) is 2. The number of piperazine rings is 2. The lowest BCUT2D eigenvalue weighted by Gasteiger charge is -2.45. The molecule has 2 heterocycles. The maximum absolute atomic E-state index is 13.2. The first-order chi connectivity index (χ1) is 13.6. The van der Waals surface area contributed by atoms with Crippen molar-refractivity contribution in [3.63, 3.8) is 0 Å². The van der Waals surface area contributed by atoms with Crippen LogP contribution in [0.3, 0.4) is 0 Å². The van der Waals surface area contributed by atoms with Gasteiger partial charge in [-0.05, 0) is 37.1 Å². The summed E-state index contributed by atoms with van der Waals surface area (Å²) in [5.41, 5.74) is 1.32. The smallest absolute Gasteiger partial charge is 0.335 e. The number of benzene rings is 1. The number of carbonyl (C=O) groups is 2. The Bertz CT molecular complexity index is 703. The van der Waals surface area contributed by atoms with Crippen LogP contribution in [-0.2, 0) is 4.79 Å². The van der Waals surface area contributed by atoms with Crippen molar-refractivity contribution in [3.05, 3.63) is 29.8 Å². The topological polar surface area (TPSA) is 72.9 Å². The summed E-state index contributed by atoms with van der Waals surface area (Å²) in [6, 6.07) is 7.83. The number of amides is 1. The molecule has 7 nitrogen and oxygen atoms in total. The molecule has 7 heteroatoms. The number of aromatic carboxylic acids is 1. The second-order valence-electron chi connectivity index (χ2n) is 8.35. The van der Waals surface area contributed by atoms with E-state index in [1.807, 2.05) is 17.0 Å². The van der Waals surface area contributed by atoms with Gasteiger partial charge in [0.25, 0.3) is 5.91 Å². The predicted molar refractivity (Wildman–Crippen MR) is 108 cm³/mol. The molecule has 2 N–H and O–H groups in total. The minimum atomic E-state index is -0.918. The minimum absolute atomic E-state index is 0.220. The fourth-order valence-electron chi connectivity index (χ4n) is 4.70. The second kappa shape index (κ2) is 8.19. The van der Waals surface area contributed by atoms with Gasteiger partial charge in [0.1, 0.15) is 5.69 Å². The molecule has 3 fully saturated rings. The Morgan fingerprint density at radius 2 is 1.68 bits per heavy atom. The Morgan fingerprint density at radius 3 is 2.21 bits per heavy atom. The van der Waals surface area contributed by atoms with Crippen molar-refractivity contribution in [2.45, 2.75) is 25.3 Å². The molecule has 0 radical (unpaired) electrons. The molecule has 1 saturated carbocycles. The summed E-state index contributed by atoms with van der Waals surface area (Å²) in [4.78, 5) is 28.9. The van der Waals surface area contributed by atoms with Crippen LogP contribution < -0.4 is 9.80 Å². The van der Waals surface area contributed by atoms with E-state index in [0.29, 0.717) is 11.0 Å². The number of hydrogen-bond acceptors (Lipinski definition) is 4. The molecule has 4 rings (SSSR count). The van der Waals surface area contributed by atoms with Gasteiger partial charge < -0.3 is 15.3 Å². The summed E-state index contributed by atoms with van der Waals surface area (Å²) in [5.74, 6) is -0.698. The van der Waals surface area contributed by atoms with E-state index in [1.54, 1.807) is 12.1 Å². The Balaban J connectivity index is 1.44. The zero-order valence-electron chi connectivity index (χ0n) is 16.5. The standard InChI is InChI=1S/C21H30N4O3/c26-20(24-12-10-23(11-13-24)18-2-1-3-18)16-25(14-8-22-9-15-25)19-6-4-17(5-7-19)21(27)28/h4-7,18,22H,1-3,8-16H2/p+1. The van der Waals surface area contributed by atoms with Crippen molar-refractivity contribution in [2.24, 2.45) is 0 Å². The fourth-order valence-corrected chi connectivity index (χ4v) is 4.70. The summed E-state index contributed by atoms with van der Waals surface area (Å²) in [6.45, 7) is 7.51. The van der Waals surface area contributed by atoms with Gasteiger partial charge in [0.2, 0.25) is 0 Å². The van der Waals surface area contributed by atoms with E-state index in [-0.39, 0.29) is 11.5 Å². The van der Waals surface area contributed by atoms with E-state index in [9.17, 15) is 9.59 Å². The average molecular weight is 388 g/mol. The summed E-state index contributed by atoms with van der Waals surface area (Å²) < 4.78 is 0.606. The maximum Gasteiger partial charge on any atom is 0.335 e. The third kappa shape index (κ3) is 3.92. The van der Waals surface area contributed by atoms with Crippen LogP contribution >= 0.6 is 0 Å². The van der Waals surface area contributed by atoms with Crippen LogP contribution in [0, 0.1) is 0 Å². The number of nitrogens with one attached hydrogen (secondary N) is 1. The van der Waals surface area contributed by atoms with Gasteiger partial charge in [-0.2, -0.15) is 0 Å². The summed E-state index contributed by atoms with van der Waals surface area (Å²) >= 11 is 0. The zero-order valence-corrected chi connectivity index (χ0v) is 16.5. The molecule has 152 valence electrons. The van der Waals surface area contributed by atoms with E-state index in [0.717, 1.165) is 64.1 Å². The molecule has 2 saturated heterocycles. The lowest BCUT2D eigenvalue weighted by atomic mass is 9.91. The molecule has 3 aliphatic rings. The first kappa shape index (κ1) is 19.4. The zero-order chi connectivity index (χ0) is 19.6. The van der Waals surface area contributed by atoms with Crippen molar-refractivity contribution >= 4 is 17.6 Å². The van der Waals surface area contributed by atoms with Gasteiger partial charge in [-0.25, -0.2) is 4.79 Å². The Hall–Kier alpha value is -1.96. The molecule has 0 atom stereocenters. The SMILES string of the molecule is O=C(O)c1ccc([N+]2(CC(=O)N3CCN(C4CCC4)CC3)CCNCC2)cc1. The van der Waals surface area contributed by atoms with Crippen LogP contribution in [0.1, 0.15) is 29.6 Å². The molecule has 1 aliphatic carbocycles. The van der Waals surface area contributed by atoms with Crippen LogP contribution in [0.15, 0.2) is 24.3 Å². The molecule has 2 aliphatic heterocycles. The molecule has 1 amide bonds. The lowest BCUT2D eigenvalue weighted by molar-refractivity contribution is -0.134. The second-order valence-corrected chi connectivity index (χ2v) is 8.35. The molecule has 0 bridgehead atoms. The highest BCUT2D eigenvalue weighted by atomic mass is 16.4. The highest BCUT2D eigenvalue weighted by molar-refractivity contribution is 5.88. The first-order valence-electron chi connectivity index (χ1n) is 10.5. The van der Waals surface area contributed by atoms with Gasteiger partial charge in [0.05, 0.1) is 18.7 Å². The van der Waals surface area contributed by atoms with Crippen LogP contribution in [0.25, 0.3) is 0 Å². The Labute approximate surface area is 166 Å². The first-order valence-corrected chi connectivity index (χ1v) is 10.5. The summed E-state index contributed by atoms with van der Waals surface area (Å²) in [6.07, 6.45) is 3.97. The Kier molecular flexibility index (Phi) is 5.66. The minimum Gasteiger partial charge on any atom is -0.478 e. The van der Waals surface area contributed by atoms with E-state index in [4.69, 9.17) is 5.11 Å². The van der Waals surface area contributed by atoms with E-state index >= 15 is 0 Å². The number of rotatable bonds is 5. The van der Waals surface area contributed by atoms with Gasteiger partial charge in [-0.1, -0.05) is 6.42 Å². The van der Waals surface area contributed by atoms with E-state index < -0.39 is 5.97 Å². The number of carbonyl (C=O) groups excluding carboxylic acids is 1. The number of nitrogens with zero attached hydrogens (tertiary/aromatic N) is 3. The maximum atomic E-state index is 13.2. The van der Waals surface area contributed by atoms with Crippen molar-refractivity contribution in [1.82, 2.24) is 19.6 Å². The average Bonchev–Trinajstić information content (AvgIpc) is 2.68. The molecule has 0 spiro atoms. The highest BCUT2D eigenvalue weighted by Crippen LogP contribution is 2.27. The van der Waals surface area contributed by atoms with Crippen molar-refractivity contribution in [2.75, 3.05) is 58.9 Å². The quantitative estimate of drug-likeness (QED) is 0.738. The van der Waals surface area contributed by atoms with Gasteiger partial charge in [0.15, 0.2) is 6.54 Å². The van der Waals surface area contributed by atoms with Crippen molar-refractivity contribution in [1.29, 1.82) is 0 Å². The molecule has 1 aromatic rings. The number of quaternary nitrogens is 1. The summed E-state index contributed by atoms with van der Waals surface area (Å²) in [7, 11) is 0. The van der Waals surface area contributed by atoms with Crippen LogP contribution in [0.5, 0.6) is 0 Å². The normalized spacial score (nSPS) is 23.2. The molecule has 28 heavy (non-hydrogen) atoms. The third-order valence-corrected chi connectivity index (χ3v) is 6.79. The third-order valence-electron chi connectivity index (χ3n) is 6.79. The van der Waals surface area contributed by atoms with E-state index in [2.05, 4.69) is 10.2 Å². The van der Waals surface area contributed by atoms with Crippen molar-refractivity contribution in [3.8, 4) is 0 Å². The summed E-state index contributed by atoms with van der Waals surface area (Å²) in [5, 5.41) is 12.5. The van der Waals surface area contributed by atoms with Crippen LogP contribution in [-0.4, -0.2) is 91.7 Å². The van der Waals surface area contributed by atoms with Gasteiger partial charge in [-0.15, -0.1) is 0 Å². The lowest BCUT2D eigenvalue weighted by Crippen LogP contribution is -2.64. The molecule has 0 aromatic heterocycles. The monoisotopic (exact) mass is 387 g/mol. The fraction of sp³-hybridized carbons (Fsp3) is 0.619. The molecule has 0 unspecified atom stereocenters. The van der Waals surface area contributed by atoms with Crippen LogP contribution in [0.2, 0.25) is 0 Å². The van der Waals surface area contributed by atoms with E-state index in [1.165, 1.54) is 19.3 Å². The Morgan fingerprint density at radius 1 is 1.04 bits per heavy atom. The van der Waals surface area contributed by atoms with Gasteiger partial charge >= 0.3 is 5.97 Å². The molecular weight excluding hydrogens is 356 g/mol. The van der Waals surface area contributed by atoms with Crippen LogP contribution in [0.4, 0.5) is 5.69 Å². The van der Waals surface area contributed by atoms with Gasteiger partial charge in [0, 0.05) is 45.3 Å².